The van der Waals surface area contributed by atoms with Gasteiger partial charge in [-0.05, 0) is 17.8 Å². The molecule has 0 aliphatic carbocycles. The molecule has 0 amide bonds. The van der Waals surface area contributed by atoms with E-state index in [9.17, 15) is 0 Å². The Morgan fingerprint density at radius 3 is 1.69 bits per heavy atom. The van der Waals surface area contributed by atoms with Crippen LogP contribution >= 0.6 is 0 Å². The fourth-order valence-corrected chi connectivity index (χ4v) is 4.01. The van der Waals surface area contributed by atoms with Crippen molar-refractivity contribution in [3.8, 4) is 0 Å². The monoisotopic (exact) mass is 362 g/mol. The molecular weight excluding hydrogens is 311 g/mol. The summed E-state index contributed by atoms with van der Waals surface area (Å²) in [5.74, 6) is 0.885. The van der Waals surface area contributed by atoms with Crippen LogP contribution in [0.15, 0.2) is 0 Å². The van der Waals surface area contributed by atoms with Gasteiger partial charge in [0.25, 0.3) is 0 Å². The zero-order valence-corrected chi connectivity index (χ0v) is 19.5. The average molecular weight is 362 g/mol. The summed E-state index contributed by atoms with van der Waals surface area (Å²) in [7, 11) is 6.72. The number of hydrogen-bond acceptors (Lipinski definition) is 0. The molecule has 0 fully saturated rings. The smallest absolute Gasteiger partial charge is 0.0663 e. The molecule has 26 heavy (non-hydrogen) atoms. The lowest BCUT2D eigenvalue weighted by Crippen LogP contribution is -2.12. The highest BCUT2D eigenvalue weighted by Crippen LogP contribution is 2.39. The molecular formula is C25H51B. The van der Waals surface area contributed by atoms with Gasteiger partial charge in [0.15, 0.2) is 0 Å². The van der Waals surface area contributed by atoms with Crippen molar-refractivity contribution in [3.63, 3.8) is 0 Å². The Balaban J connectivity index is 3.71. The Bertz CT molecular complexity index is 304. The molecule has 2 atom stereocenters. The van der Waals surface area contributed by atoms with Gasteiger partial charge in [-0.1, -0.05) is 143 Å². The van der Waals surface area contributed by atoms with Crippen molar-refractivity contribution in [2.45, 2.75) is 150 Å². The van der Waals surface area contributed by atoms with Crippen LogP contribution < -0.4 is 0 Å². The SMILES string of the molecule is [B]C(CC)(CCCCCCCCC(C)(C)C)CCCC(C)CCCCC. The van der Waals surface area contributed by atoms with Gasteiger partial charge in [-0.2, -0.15) is 0 Å². The highest BCUT2D eigenvalue weighted by molar-refractivity contribution is 6.15. The van der Waals surface area contributed by atoms with Crippen LogP contribution in [0.5, 0.6) is 0 Å². The molecule has 1 heteroatoms. The Morgan fingerprint density at radius 2 is 1.15 bits per heavy atom. The lowest BCUT2D eigenvalue weighted by Gasteiger charge is -2.29. The van der Waals surface area contributed by atoms with Gasteiger partial charge in [-0.3, -0.25) is 0 Å². The van der Waals surface area contributed by atoms with Crippen LogP contribution in [-0.2, 0) is 0 Å². The highest BCUT2D eigenvalue weighted by Gasteiger charge is 2.20. The Kier molecular flexibility index (Phi) is 15.1. The molecule has 0 spiro atoms. The topological polar surface area (TPSA) is 0 Å². The molecule has 0 aromatic carbocycles. The van der Waals surface area contributed by atoms with E-state index in [1.165, 1.54) is 96.3 Å². The molecule has 0 N–H and O–H groups in total. The second-order valence-electron chi connectivity index (χ2n) is 10.4. The van der Waals surface area contributed by atoms with Gasteiger partial charge in [0.05, 0.1) is 7.85 Å². The molecule has 2 unspecified atom stereocenters. The van der Waals surface area contributed by atoms with Crippen LogP contribution in [0.4, 0.5) is 0 Å². The van der Waals surface area contributed by atoms with Gasteiger partial charge in [-0.15, -0.1) is 0 Å². The van der Waals surface area contributed by atoms with Crippen LogP contribution in [0.1, 0.15) is 144 Å². The predicted octanol–water partition coefficient (Wildman–Crippen LogP) is 9.28. The maximum atomic E-state index is 6.72. The quantitative estimate of drug-likeness (QED) is 0.179. The lowest BCUT2D eigenvalue weighted by molar-refractivity contribution is 0.354. The number of rotatable bonds is 17. The van der Waals surface area contributed by atoms with E-state index < -0.39 is 0 Å². The Morgan fingerprint density at radius 1 is 0.654 bits per heavy atom. The second kappa shape index (κ2) is 15.0. The molecule has 154 valence electrons. The number of unbranched alkanes of at least 4 members (excludes halogenated alkanes) is 7. The summed E-state index contributed by atoms with van der Waals surface area (Å²) in [4.78, 5) is 0. The maximum Gasteiger partial charge on any atom is 0.0746 e. The van der Waals surface area contributed by atoms with Crippen molar-refractivity contribution in [2.75, 3.05) is 0 Å². The molecule has 0 nitrogen and oxygen atoms in total. The van der Waals surface area contributed by atoms with Gasteiger partial charge >= 0.3 is 0 Å². The fourth-order valence-electron chi connectivity index (χ4n) is 4.01. The molecule has 0 saturated heterocycles. The van der Waals surface area contributed by atoms with Crippen molar-refractivity contribution in [3.05, 3.63) is 0 Å². The van der Waals surface area contributed by atoms with Crippen molar-refractivity contribution in [1.29, 1.82) is 0 Å². The largest absolute Gasteiger partial charge is 0.0746 e. The summed E-state index contributed by atoms with van der Waals surface area (Å²) in [6.45, 7) is 14.1. The minimum absolute atomic E-state index is 0.107. The van der Waals surface area contributed by atoms with E-state index in [0.717, 1.165) is 12.3 Å². The van der Waals surface area contributed by atoms with Crippen molar-refractivity contribution < 1.29 is 0 Å². The summed E-state index contributed by atoms with van der Waals surface area (Å²) < 4.78 is 0. The van der Waals surface area contributed by atoms with Crippen LogP contribution in [-0.4, -0.2) is 7.85 Å². The summed E-state index contributed by atoms with van der Waals surface area (Å²) in [5, 5.41) is 0.107. The lowest BCUT2D eigenvalue weighted by atomic mass is 9.61. The van der Waals surface area contributed by atoms with E-state index in [1.807, 2.05) is 0 Å². The summed E-state index contributed by atoms with van der Waals surface area (Å²) in [5.41, 5.74) is 0.508. The van der Waals surface area contributed by atoms with E-state index in [0.29, 0.717) is 5.41 Å². The zero-order valence-electron chi connectivity index (χ0n) is 19.5. The Labute approximate surface area is 169 Å². The summed E-state index contributed by atoms with van der Waals surface area (Å²) in [6.07, 6.45) is 21.6. The fraction of sp³-hybridized carbons (Fsp3) is 1.00. The normalized spacial score (nSPS) is 15.8. The van der Waals surface area contributed by atoms with Crippen LogP contribution in [0.3, 0.4) is 0 Å². The molecule has 0 aromatic heterocycles. The van der Waals surface area contributed by atoms with E-state index in [2.05, 4.69) is 41.5 Å². The number of hydrogen-bond donors (Lipinski definition) is 0. The van der Waals surface area contributed by atoms with Crippen LogP contribution in [0.25, 0.3) is 0 Å². The Hall–Kier alpha value is 0.0649. The third kappa shape index (κ3) is 16.3. The van der Waals surface area contributed by atoms with E-state index >= 15 is 0 Å². The minimum Gasteiger partial charge on any atom is -0.0663 e. The van der Waals surface area contributed by atoms with E-state index in [1.54, 1.807) is 0 Å². The van der Waals surface area contributed by atoms with Gasteiger partial charge < -0.3 is 0 Å². The first-order valence-corrected chi connectivity index (χ1v) is 12.0. The van der Waals surface area contributed by atoms with Crippen molar-refractivity contribution in [2.24, 2.45) is 11.3 Å². The van der Waals surface area contributed by atoms with Crippen LogP contribution in [0, 0.1) is 11.3 Å². The third-order valence-electron chi connectivity index (χ3n) is 6.23. The second-order valence-corrected chi connectivity index (χ2v) is 10.4. The standard InChI is InChI=1S/C25H51B/c1-7-9-14-18-23(3)19-17-22-25(26,8-2)21-16-13-11-10-12-15-20-24(4,5)6/h23H,7-22H2,1-6H3. The third-order valence-corrected chi connectivity index (χ3v) is 6.23. The molecule has 0 aliphatic rings. The maximum absolute atomic E-state index is 6.72. The minimum atomic E-state index is 0.107. The highest BCUT2D eigenvalue weighted by atomic mass is 14.2. The van der Waals surface area contributed by atoms with Gasteiger partial charge in [0, 0.05) is 0 Å². The summed E-state index contributed by atoms with van der Waals surface area (Å²) >= 11 is 0. The predicted molar refractivity (Wildman–Crippen MR) is 122 cm³/mol. The first-order valence-electron chi connectivity index (χ1n) is 12.0. The molecule has 0 saturated carbocycles. The summed E-state index contributed by atoms with van der Waals surface area (Å²) in [6, 6.07) is 0. The van der Waals surface area contributed by atoms with E-state index in [-0.39, 0.29) is 5.31 Å². The van der Waals surface area contributed by atoms with Gasteiger partial charge in [0.1, 0.15) is 0 Å². The van der Waals surface area contributed by atoms with Gasteiger partial charge in [0.2, 0.25) is 0 Å². The first kappa shape index (κ1) is 26.1. The first-order chi connectivity index (χ1) is 12.2. The van der Waals surface area contributed by atoms with Crippen molar-refractivity contribution in [1.82, 2.24) is 0 Å². The molecule has 0 aliphatic heterocycles. The van der Waals surface area contributed by atoms with E-state index in [4.69, 9.17) is 7.85 Å². The van der Waals surface area contributed by atoms with Crippen molar-refractivity contribution >= 4 is 7.85 Å². The molecule has 0 rings (SSSR count). The van der Waals surface area contributed by atoms with Crippen LogP contribution in [0.2, 0.25) is 5.31 Å². The van der Waals surface area contributed by atoms with Gasteiger partial charge in [-0.25, -0.2) is 0 Å². The average Bonchev–Trinajstić information content (AvgIpc) is 2.56. The molecule has 0 heterocycles. The molecule has 0 aromatic rings. The molecule has 0 bridgehead atoms. The zero-order chi connectivity index (χ0) is 19.9. The molecule has 2 radical (unpaired) electrons.